The maximum atomic E-state index is 12.1. The molecule has 2 unspecified atom stereocenters. The molecule has 0 radical (unpaired) electrons. The second-order valence-electron chi connectivity index (χ2n) is 4.31. The van der Waals surface area contributed by atoms with Crippen molar-refractivity contribution in [1.82, 2.24) is 0 Å². The van der Waals surface area contributed by atoms with E-state index in [1.807, 2.05) is 25.1 Å². The summed E-state index contributed by atoms with van der Waals surface area (Å²) in [6.07, 6.45) is 6.42. The van der Waals surface area contributed by atoms with E-state index in [4.69, 9.17) is 6.42 Å². The highest BCUT2D eigenvalue weighted by Crippen LogP contribution is 2.29. The van der Waals surface area contributed by atoms with E-state index in [9.17, 15) is 9.59 Å². The Morgan fingerprint density at radius 1 is 1.53 bits per heavy atom. The first-order valence-electron chi connectivity index (χ1n) is 5.81. The zero-order valence-corrected chi connectivity index (χ0v) is 9.77. The minimum absolute atomic E-state index is 0.0701. The topological polar surface area (TPSA) is 34.1 Å². The van der Waals surface area contributed by atoms with Crippen molar-refractivity contribution in [3.05, 3.63) is 35.4 Å². The molecule has 2 heteroatoms. The van der Waals surface area contributed by atoms with Crippen LogP contribution in [0.5, 0.6) is 0 Å². The second-order valence-corrected chi connectivity index (χ2v) is 4.31. The summed E-state index contributed by atoms with van der Waals surface area (Å²) >= 11 is 0. The molecule has 0 spiro atoms. The lowest BCUT2D eigenvalue weighted by atomic mass is 9.89. The smallest absolute Gasteiger partial charge is 0.173 e. The van der Waals surface area contributed by atoms with Crippen molar-refractivity contribution in [2.75, 3.05) is 0 Å². The molecule has 0 aromatic heterocycles. The van der Waals surface area contributed by atoms with Gasteiger partial charge in [0.15, 0.2) is 11.6 Å². The van der Waals surface area contributed by atoms with Gasteiger partial charge >= 0.3 is 0 Å². The van der Waals surface area contributed by atoms with Gasteiger partial charge < -0.3 is 0 Å². The lowest BCUT2D eigenvalue weighted by Crippen LogP contribution is -2.26. The van der Waals surface area contributed by atoms with Crippen molar-refractivity contribution in [3.63, 3.8) is 0 Å². The molecule has 0 saturated carbocycles. The van der Waals surface area contributed by atoms with Gasteiger partial charge in [0.25, 0.3) is 0 Å². The van der Waals surface area contributed by atoms with Crippen LogP contribution in [0.2, 0.25) is 0 Å². The van der Waals surface area contributed by atoms with E-state index in [0.717, 1.165) is 5.56 Å². The maximum Gasteiger partial charge on any atom is 0.173 e. The maximum absolute atomic E-state index is 12.1. The Hall–Kier alpha value is -1.88. The highest BCUT2D eigenvalue weighted by atomic mass is 16.2. The molecule has 1 aliphatic rings. The third-order valence-corrected chi connectivity index (χ3v) is 3.32. The van der Waals surface area contributed by atoms with Crippen LogP contribution >= 0.6 is 0 Å². The average Bonchev–Trinajstić information content (AvgIpc) is 2.69. The fraction of sp³-hybridized carbons (Fsp3) is 0.333. The molecular weight excluding hydrogens is 212 g/mol. The van der Waals surface area contributed by atoms with E-state index in [2.05, 4.69) is 5.92 Å². The normalized spacial score (nSPS) is 19.5. The van der Waals surface area contributed by atoms with Crippen LogP contribution in [0.3, 0.4) is 0 Å². The number of Topliss-reactive ketones (excluding diaryl/α,β-unsaturated/α-hetero) is 2. The van der Waals surface area contributed by atoms with Gasteiger partial charge in [0.05, 0.1) is 11.8 Å². The molecule has 86 valence electrons. The Labute approximate surface area is 101 Å². The Balaban J connectivity index is 2.27. The third kappa shape index (κ3) is 1.89. The molecule has 1 aliphatic carbocycles. The number of hydrogen-bond acceptors (Lipinski definition) is 2. The quantitative estimate of drug-likeness (QED) is 0.585. The Kier molecular flexibility index (Phi) is 3.10. The van der Waals surface area contributed by atoms with Crippen LogP contribution in [0.15, 0.2) is 24.3 Å². The minimum Gasteiger partial charge on any atom is -0.297 e. The molecule has 0 N–H and O–H groups in total. The van der Waals surface area contributed by atoms with Gasteiger partial charge in [-0.2, -0.15) is 0 Å². The first kappa shape index (κ1) is 11.6. The van der Waals surface area contributed by atoms with Crippen LogP contribution in [0, 0.1) is 24.2 Å². The van der Waals surface area contributed by atoms with E-state index < -0.39 is 11.8 Å². The SMILES string of the molecule is C#CC(CC)C(=O)C1Cc2ccccc2C1=O. The molecule has 0 amide bonds. The fourth-order valence-electron chi connectivity index (χ4n) is 2.31. The van der Waals surface area contributed by atoms with Crippen molar-refractivity contribution in [1.29, 1.82) is 0 Å². The predicted octanol–water partition coefficient (Wildman–Crippen LogP) is 2.27. The van der Waals surface area contributed by atoms with Gasteiger partial charge in [-0.05, 0) is 18.4 Å². The van der Waals surface area contributed by atoms with Crippen LogP contribution in [0.1, 0.15) is 29.3 Å². The van der Waals surface area contributed by atoms with E-state index in [-0.39, 0.29) is 11.6 Å². The summed E-state index contributed by atoms with van der Waals surface area (Å²) in [6.45, 7) is 1.87. The first-order valence-corrected chi connectivity index (χ1v) is 5.81. The fourth-order valence-corrected chi connectivity index (χ4v) is 2.31. The average molecular weight is 226 g/mol. The molecule has 0 saturated heterocycles. The largest absolute Gasteiger partial charge is 0.297 e. The summed E-state index contributed by atoms with van der Waals surface area (Å²) in [7, 11) is 0. The summed E-state index contributed by atoms with van der Waals surface area (Å²) in [5, 5.41) is 0. The lowest BCUT2D eigenvalue weighted by Gasteiger charge is -2.11. The number of ketones is 2. The van der Waals surface area contributed by atoms with Gasteiger partial charge in [-0.3, -0.25) is 9.59 Å². The van der Waals surface area contributed by atoms with Gasteiger partial charge in [-0.15, -0.1) is 6.42 Å². The zero-order valence-electron chi connectivity index (χ0n) is 9.77. The van der Waals surface area contributed by atoms with Crippen LogP contribution in [0.4, 0.5) is 0 Å². The highest BCUT2D eigenvalue weighted by molar-refractivity contribution is 6.14. The molecule has 2 atom stereocenters. The number of benzene rings is 1. The molecular formula is C15H14O2. The molecule has 17 heavy (non-hydrogen) atoms. The molecule has 0 aliphatic heterocycles. The van der Waals surface area contributed by atoms with Crippen LogP contribution in [0.25, 0.3) is 0 Å². The zero-order chi connectivity index (χ0) is 12.4. The standard InChI is InChI=1S/C15H14O2/c1-3-10(4-2)14(16)13-9-11-7-5-6-8-12(11)15(13)17/h1,5-8,10,13H,4,9H2,2H3. The summed E-state index contributed by atoms with van der Waals surface area (Å²) in [6, 6.07) is 7.39. The van der Waals surface area contributed by atoms with Crippen molar-refractivity contribution in [2.24, 2.45) is 11.8 Å². The van der Waals surface area contributed by atoms with E-state index in [0.29, 0.717) is 18.4 Å². The van der Waals surface area contributed by atoms with Gasteiger partial charge in [-0.1, -0.05) is 37.1 Å². The highest BCUT2D eigenvalue weighted by Gasteiger charge is 2.37. The predicted molar refractivity (Wildman–Crippen MR) is 65.6 cm³/mol. The molecule has 2 nitrogen and oxygen atoms in total. The number of hydrogen-bond donors (Lipinski definition) is 0. The van der Waals surface area contributed by atoms with Gasteiger partial charge in [0, 0.05) is 5.56 Å². The number of terminal acetylenes is 1. The van der Waals surface area contributed by atoms with Crippen molar-refractivity contribution >= 4 is 11.6 Å². The number of carbonyl (C=O) groups excluding carboxylic acids is 2. The van der Waals surface area contributed by atoms with E-state index in [1.165, 1.54) is 0 Å². The third-order valence-electron chi connectivity index (χ3n) is 3.32. The van der Waals surface area contributed by atoms with E-state index >= 15 is 0 Å². The first-order chi connectivity index (χ1) is 8.19. The summed E-state index contributed by atoms with van der Waals surface area (Å²) in [5.74, 6) is 1.31. The monoisotopic (exact) mass is 226 g/mol. The van der Waals surface area contributed by atoms with Gasteiger partial charge in [0.2, 0.25) is 0 Å². The van der Waals surface area contributed by atoms with Crippen LogP contribution in [-0.2, 0) is 11.2 Å². The molecule has 1 aromatic carbocycles. The molecule has 2 rings (SSSR count). The lowest BCUT2D eigenvalue weighted by molar-refractivity contribution is -0.123. The Morgan fingerprint density at radius 2 is 2.24 bits per heavy atom. The van der Waals surface area contributed by atoms with Crippen LogP contribution < -0.4 is 0 Å². The molecule has 1 aromatic rings. The summed E-state index contributed by atoms with van der Waals surface area (Å²) < 4.78 is 0. The Morgan fingerprint density at radius 3 is 2.82 bits per heavy atom. The van der Waals surface area contributed by atoms with E-state index in [1.54, 1.807) is 6.07 Å². The van der Waals surface area contributed by atoms with Crippen LogP contribution in [-0.4, -0.2) is 11.6 Å². The minimum atomic E-state index is -0.562. The molecule has 0 bridgehead atoms. The van der Waals surface area contributed by atoms with Crippen molar-refractivity contribution in [2.45, 2.75) is 19.8 Å². The Bertz CT molecular complexity index is 508. The summed E-state index contributed by atoms with van der Waals surface area (Å²) in [5.41, 5.74) is 1.64. The second kappa shape index (κ2) is 4.55. The van der Waals surface area contributed by atoms with Crippen molar-refractivity contribution < 1.29 is 9.59 Å². The molecule has 0 heterocycles. The summed E-state index contributed by atoms with van der Waals surface area (Å²) in [4.78, 5) is 24.2. The van der Waals surface area contributed by atoms with Gasteiger partial charge in [-0.25, -0.2) is 0 Å². The number of rotatable bonds is 3. The number of fused-ring (bicyclic) bond motifs is 1. The number of carbonyl (C=O) groups is 2. The van der Waals surface area contributed by atoms with Gasteiger partial charge in [0.1, 0.15) is 0 Å². The molecule has 0 fully saturated rings. The van der Waals surface area contributed by atoms with Crippen molar-refractivity contribution in [3.8, 4) is 12.3 Å².